The smallest absolute Gasteiger partial charge is 0.337 e. The summed E-state index contributed by atoms with van der Waals surface area (Å²) in [5.74, 6) is -1.20. The van der Waals surface area contributed by atoms with Crippen LogP contribution in [0.25, 0.3) is 0 Å². The van der Waals surface area contributed by atoms with Crippen LogP contribution in [0.3, 0.4) is 0 Å². The van der Waals surface area contributed by atoms with Crippen LogP contribution in [0.1, 0.15) is 10.4 Å². The van der Waals surface area contributed by atoms with Gasteiger partial charge in [0.05, 0.1) is 22.5 Å². The topological polar surface area (TPSA) is 74.7 Å². The van der Waals surface area contributed by atoms with E-state index in [4.69, 9.17) is 16.7 Å². The van der Waals surface area contributed by atoms with E-state index in [1.807, 2.05) is 0 Å². The summed E-state index contributed by atoms with van der Waals surface area (Å²) >= 11 is 5.66. The Kier molecular flexibility index (Phi) is 3.44. The zero-order chi connectivity index (χ0) is 12.5. The molecule has 0 aliphatic carbocycles. The molecule has 1 N–H and O–H groups in total. The summed E-state index contributed by atoms with van der Waals surface area (Å²) in [5.41, 5.74) is 0.124. The number of hydrogen-bond acceptors (Lipinski definition) is 3. The minimum atomic E-state index is -3.41. The van der Waals surface area contributed by atoms with E-state index in [1.54, 1.807) is 0 Å². The molecule has 0 saturated heterocycles. The quantitative estimate of drug-likeness (QED) is 0.895. The van der Waals surface area contributed by atoms with Gasteiger partial charge in [0.1, 0.15) is 0 Å². The normalized spacial score (nSPS) is 11.2. The van der Waals surface area contributed by atoms with Gasteiger partial charge in [0.2, 0.25) is 10.0 Å². The first kappa shape index (κ1) is 12.8. The Morgan fingerprint density at radius 2 is 2.00 bits per heavy atom. The van der Waals surface area contributed by atoms with Gasteiger partial charge < -0.3 is 5.11 Å². The van der Waals surface area contributed by atoms with Crippen LogP contribution >= 0.6 is 11.6 Å². The van der Waals surface area contributed by atoms with E-state index in [1.165, 1.54) is 25.2 Å². The molecule has 0 aromatic heterocycles. The van der Waals surface area contributed by atoms with Gasteiger partial charge in [0.25, 0.3) is 0 Å². The van der Waals surface area contributed by atoms with E-state index in [9.17, 15) is 13.2 Å². The molecule has 5 nitrogen and oxygen atoms in total. The molecule has 0 fully saturated rings. The summed E-state index contributed by atoms with van der Waals surface area (Å²) in [4.78, 5) is 10.8. The number of carboxylic acid groups (broad SMARTS) is 1. The van der Waals surface area contributed by atoms with Gasteiger partial charge in [-0.2, -0.15) is 0 Å². The highest BCUT2D eigenvalue weighted by Crippen LogP contribution is 2.23. The Bertz CT molecular complexity index is 526. The van der Waals surface area contributed by atoms with Crippen molar-refractivity contribution in [1.29, 1.82) is 0 Å². The van der Waals surface area contributed by atoms with E-state index in [-0.39, 0.29) is 16.3 Å². The SMILES string of the molecule is CN(c1ccc(Cl)c(C(=O)O)c1)S(C)(=O)=O. The van der Waals surface area contributed by atoms with Crippen molar-refractivity contribution < 1.29 is 18.3 Å². The van der Waals surface area contributed by atoms with Crippen molar-refractivity contribution >= 4 is 33.3 Å². The number of benzene rings is 1. The molecule has 0 aliphatic rings. The molecule has 0 spiro atoms. The molecule has 88 valence electrons. The molecule has 1 aromatic rings. The Hall–Kier alpha value is -1.27. The number of hydrogen-bond donors (Lipinski definition) is 1. The summed E-state index contributed by atoms with van der Waals surface area (Å²) in [6.07, 6.45) is 1.03. The summed E-state index contributed by atoms with van der Waals surface area (Å²) in [5, 5.41) is 8.89. The van der Waals surface area contributed by atoms with Crippen LogP contribution in [0.2, 0.25) is 5.02 Å². The molecular formula is C9H10ClNO4S. The Labute approximate surface area is 98.3 Å². The lowest BCUT2D eigenvalue weighted by atomic mass is 10.2. The maximum Gasteiger partial charge on any atom is 0.337 e. The van der Waals surface area contributed by atoms with Gasteiger partial charge in [-0.25, -0.2) is 13.2 Å². The predicted molar refractivity (Wildman–Crippen MR) is 61.7 cm³/mol. The van der Waals surface area contributed by atoms with E-state index < -0.39 is 16.0 Å². The number of anilines is 1. The van der Waals surface area contributed by atoms with Gasteiger partial charge in [0.15, 0.2) is 0 Å². The first-order valence-corrected chi connectivity index (χ1v) is 6.43. The number of halogens is 1. The average Bonchev–Trinajstić information content (AvgIpc) is 2.15. The lowest BCUT2D eigenvalue weighted by molar-refractivity contribution is 0.0697. The van der Waals surface area contributed by atoms with Crippen LogP contribution in [0, 0.1) is 0 Å². The highest BCUT2D eigenvalue weighted by atomic mass is 35.5. The summed E-state index contributed by atoms with van der Waals surface area (Å²) in [6.45, 7) is 0. The molecule has 0 radical (unpaired) electrons. The fraction of sp³-hybridized carbons (Fsp3) is 0.222. The second-order valence-corrected chi connectivity index (χ2v) is 5.62. The van der Waals surface area contributed by atoms with Gasteiger partial charge in [-0.15, -0.1) is 0 Å². The van der Waals surface area contributed by atoms with Crippen LogP contribution in [-0.2, 0) is 10.0 Å². The van der Waals surface area contributed by atoms with Gasteiger partial charge in [0, 0.05) is 7.05 Å². The number of rotatable bonds is 3. The minimum absolute atomic E-state index is 0.0677. The molecule has 0 atom stereocenters. The molecule has 16 heavy (non-hydrogen) atoms. The van der Waals surface area contributed by atoms with Crippen molar-refractivity contribution in [2.75, 3.05) is 17.6 Å². The molecule has 0 unspecified atom stereocenters. The largest absolute Gasteiger partial charge is 0.478 e. The van der Waals surface area contributed by atoms with Crippen molar-refractivity contribution in [3.8, 4) is 0 Å². The number of sulfonamides is 1. The maximum absolute atomic E-state index is 11.2. The number of carboxylic acids is 1. The van der Waals surface area contributed by atoms with Crippen molar-refractivity contribution in [2.24, 2.45) is 0 Å². The van der Waals surface area contributed by atoms with E-state index in [2.05, 4.69) is 0 Å². The van der Waals surface area contributed by atoms with Crippen molar-refractivity contribution in [3.63, 3.8) is 0 Å². The minimum Gasteiger partial charge on any atom is -0.478 e. The molecule has 0 heterocycles. The molecule has 0 aliphatic heterocycles. The molecule has 7 heteroatoms. The standard InChI is InChI=1S/C9H10ClNO4S/c1-11(16(2,14)15)6-3-4-8(10)7(5-6)9(12)13/h3-5H,1-2H3,(H,12,13). The Morgan fingerprint density at radius 3 is 2.44 bits per heavy atom. The molecular weight excluding hydrogens is 254 g/mol. The third-order valence-electron chi connectivity index (χ3n) is 2.04. The third kappa shape index (κ3) is 2.65. The molecule has 0 amide bonds. The Balaban J connectivity index is 3.29. The lowest BCUT2D eigenvalue weighted by Crippen LogP contribution is -2.25. The second-order valence-electron chi connectivity index (χ2n) is 3.20. The first-order valence-electron chi connectivity index (χ1n) is 4.20. The van der Waals surface area contributed by atoms with Gasteiger partial charge >= 0.3 is 5.97 Å². The van der Waals surface area contributed by atoms with E-state index in [0.717, 1.165) is 10.6 Å². The van der Waals surface area contributed by atoms with Crippen LogP contribution in [0.4, 0.5) is 5.69 Å². The van der Waals surface area contributed by atoms with Gasteiger partial charge in [-0.3, -0.25) is 4.31 Å². The molecule has 1 rings (SSSR count). The van der Waals surface area contributed by atoms with Gasteiger partial charge in [-0.1, -0.05) is 11.6 Å². The van der Waals surface area contributed by atoms with Crippen LogP contribution in [0.15, 0.2) is 18.2 Å². The summed E-state index contributed by atoms with van der Waals surface area (Å²) in [7, 11) is -2.08. The van der Waals surface area contributed by atoms with Crippen molar-refractivity contribution in [2.45, 2.75) is 0 Å². The average molecular weight is 264 g/mol. The van der Waals surface area contributed by atoms with Crippen LogP contribution in [-0.4, -0.2) is 32.8 Å². The lowest BCUT2D eigenvalue weighted by Gasteiger charge is -2.17. The van der Waals surface area contributed by atoms with Crippen LogP contribution < -0.4 is 4.31 Å². The number of carbonyl (C=O) groups is 1. The second kappa shape index (κ2) is 4.31. The van der Waals surface area contributed by atoms with E-state index in [0.29, 0.717) is 0 Å². The summed E-state index contributed by atoms with van der Waals surface area (Å²) in [6, 6.07) is 4.00. The first-order chi connectivity index (χ1) is 7.23. The monoisotopic (exact) mass is 263 g/mol. The molecule has 0 bridgehead atoms. The molecule has 1 aromatic carbocycles. The van der Waals surface area contributed by atoms with Gasteiger partial charge in [-0.05, 0) is 18.2 Å². The number of nitrogens with zero attached hydrogens (tertiary/aromatic N) is 1. The Morgan fingerprint density at radius 1 is 1.44 bits per heavy atom. The highest BCUT2D eigenvalue weighted by molar-refractivity contribution is 7.92. The molecule has 0 saturated carbocycles. The zero-order valence-electron chi connectivity index (χ0n) is 8.64. The third-order valence-corrected chi connectivity index (χ3v) is 3.58. The maximum atomic E-state index is 11.2. The summed E-state index contributed by atoms with van der Waals surface area (Å²) < 4.78 is 23.5. The van der Waals surface area contributed by atoms with Crippen molar-refractivity contribution in [1.82, 2.24) is 0 Å². The predicted octanol–water partition coefficient (Wildman–Crippen LogP) is 1.43. The fourth-order valence-corrected chi connectivity index (χ4v) is 1.76. The van der Waals surface area contributed by atoms with Crippen molar-refractivity contribution in [3.05, 3.63) is 28.8 Å². The number of aromatic carboxylic acids is 1. The highest BCUT2D eigenvalue weighted by Gasteiger charge is 2.15. The zero-order valence-corrected chi connectivity index (χ0v) is 10.2. The fourth-order valence-electron chi connectivity index (χ4n) is 1.06. The van der Waals surface area contributed by atoms with Crippen LogP contribution in [0.5, 0.6) is 0 Å². The van der Waals surface area contributed by atoms with E-state index >= 15 is 0 Å².